The van der Waals surface area contributed by atoms with Crippen LogP contribution in [0.15, 0.2) is 16.8 Å². The lowest BCUT2D eigenvalue weighted by Gasteiger charge is -2.31. The molecule has 7 heteroatoms. The molecule has 1 aliphatic heterocycles. The van der Waals surface area contributed by atoms with Gasteiger partial charge in [-0.05, 0) is 32.3 Å². The Labute approximate surface area is 135 Å². The highest BCUT2D eigenvalue weighted by Crippen LogP contribution is 2.32. The maximum absolute atomic E-state index is 12.6. The monoisotopic (exact) mass is 317 g/mol. The number of rotatable bonds is 4. The molecule has 2 aromatic heterocycles. The van der Waals surface area contributed by atoms with Crippen molar-refractivity contribution in [2.75, 3.05) is 18.8 Å². The Morgan fingerprint density at radius 2 is 2.13 bits per heavy atom. The predicted octanol–water partition coefficient (Wildman–Crippen LogP) is 2.06. The average Bonchev–Trinajstić information content (AvgIpc) is 3.20. The lowest BCUT2D eigenvalue weighted by molar-refractivity contribution is 0.0699. The van der Waals surface area contributed by atoms with E-state index < -0.39 is 0 Å². The first kappa shape index (κ1) is 15.6. The maximum Gasteiger partial charge on any atom is 0.272 e. The molecule has 0 spiro atoms. The van der Waals surface area contributed by atoms with Crippen molar-refractivity contribution in [1.82, 2.24) is 19.8 Å². The van der Waals surface area contributed by atoms with Gasteiger partial charge in [0.15, 0.2) is 0 Å². The summed E-state index contributed by atoms with van der Waals surface area (Å²) in [6, 6.07) is 1.78. The number of anilines is 1. The lowest BCUT2D eigenvalue weighted by atomic mass is 9.90. The minimum Gasteiger partial charge on any atom is -0.367 e. The number of likely N-dealkylation sites (tertiary alicyclic amines) is 1. The summed E-state index contributed by atoms with van der Waals surface area (Å²) in [7, 11) is 0. The van der Waals surface area contributed by atoms with Gasteiger partial charge in [-0.2, -0.15) is 5.10 Å². The smallest absolute Gasteiger partial charge is 0.272 e. The number of carbonyl (C=O) groups is 1. The number of aryl methyl sites for hydroxylation is 1. The van der Waals surface area contributed by atoms with Gasteiger partial charge < -0.3 is 15.2 Å². The van der Waals surface area contributed by atoms with Gasteiger partial charge in [0.1, 0.15) is 5.69 Å². The second kappa shape index (κ2) is 6.44. The van der Waals surface area contributed by atoms with Crippen LogP contribution in [-0.2, 0) is 13.0 Å². The summed E-state index contributed by atoms with van der Waals surface area (Å²) in [4.78, 5) is 14.5. The Bertz CT molecular complexity index is 682. The molecule has 23 heavy (non-hydrogen) atoms. The van der Waals surface area contributed by atoms with Gasteiger partial charge in [-0.1, -0.05) is 12.1 Å². The topological polar surface area (TPSA) is 90.2 Å². The van der Waals surface area contributed by atoms with Crippen molar-refractivity contribution < 1.29 is 9.32 Å². The summed E-state index contributed by atoms with van der Waals surface area (Å²) >= 11 is 0. The van der Waals surface area contributed by atoms with Crippen LogP contribution < -0.4 is 5.73 Å². The fraction of sp³-hybridized carbons (Fsp3) is 0.562. The highest BCUT2D eigenvalue weighted by Gasteiger charge is 2.29. The second-order valence-electron chi connectivity index (χ2n) is 5.86. The number of hydrogen-bond acceptors (Lipinski definition) is 5. The average molecular weight is 317 g/mol. The van der Waals surface area contributed by atoms with Crippen LogP contribution in [0.5, 0.6) is 0 Å². The molecule has 3 heterocycles. The maximum atomic E-state index is 12.6. The van der Waals surface area contributed by atoms with E-state index in [4.69, 9.17) is 10.3 Å². The van der Waals surface area contributed by atoms with Gasteiger partial charge in [0.25, 0.3) is 5.91 Å². The molecule has 0 atom stereocenters. The fourth-order valence-electron chi connectivity index (χ4n) is 3.30. The van der Waals surface area contributed by atoms with Gasteiger partial charge in [-0.15, -0.1) is 0 Å². The first-order valence-corrected chi connectivity index (χ1v) is 8.20. The van der Waals surface area contributed by atoms with Crippen molar-refractivity contribution >= 4 is 11.8 Å². The number of nitrogen functional groups attached to an aromatic ring is 1. The van der Waals surface area contributed by atoms with E-state index in [1.54, 1.807) is 16.9 Å². The summed E-state index contributed by atoms with van der Waals surface area (Å²) in [5, 5.41) is 8.31. The normalized spacial score (nSPS) is 16.0. The van der Waals surface area contributed by atoms with Gasteiger partial charge in [0.2, 0.25) is 5.88 Å². The fourth-order valence-corrected chi connectivity index (χ4v) is 3.30. The second-order valence-corrected chi connectivity index (χ2v) is 5.86. The molecule has 3 rings (SSSR count). The quantitative estimate of drug-likeness (QED) is 0.932. The van der Waals surface area contributed by atoms with Gasteiger partial charge >= 0.3 is 0 Å². The summed E-state index contributed by atoms with van der Waals surface area (Å²) in [5.74, 6) is 0.789. The van der Waals surface area contributed by atoms with Gasteiger partial charge in [-0.3, -0.25) is 9.48 Å². The van der Waals surface area contributed by atoms with Crippen molar-refractivity contribution in [3.05, 3.63) is 29.2 Å². The summed E-state index contributed by atoms with van der Waals surface area (Å²) in [6.45, 7) is 6.17. The van der Waals surface area contributed by atoms with Crippen LogP contribution in [0, 0.1) is 0 Å². The number of nitrogens with zero attached hydrogens (tertiary/aromatic N) is 4. The molecular weight excluding hydrogens is 294 g/mol. The Morgan fingerprint density at radius 3 is 2.78 bits per heavy atom. The van der Waals surface area contributed by atoms with E-state index in [0.717, 1.165) is 30.5 Å². The number of amides is 1. The standard InChI is InChI=1S/C16H23N5O2/c1-3-12-14(19-23-15(12)17)11-6-9-20(10-7-11)16(22)13-5-8-18-21(13)4-2/h5,8,11H,3-4,6-7,9-10,17H2,1-2H3. The van der Waals surface area contributed by atoms with E-state index in [9.17, 15) is 4.79 Å². The van der Waals surface area contributed by atoms with E-state index in [0.29, 0.717) is 37.1 Å². The number of carbonyl (C=O) groups excluding carboxylic acids is 1. The highest BCUT2D eigenvalue weighted by molar-refractivity contribution is 5.92. The minimum atomic E-state index is 0.0539. The van der Waals surface area contributed by atoms with E-state index in [2.05, 4.69) is 17.2 Å². The molecular formula is C16H23N5O2. The Balaban J connectivity index is 1.67. The van der Waals surface area contributed by atoms with Crippen LogP contribution in [0.1, 0.15) is 54.4 Å². The van der Waals surface area contributed by atoms with Crippen molar-refractivity contribution in [3.8, 4) is 0 Å². The molecule has 1 fully saturated rings. The predicted molar refractivity (Wildman–Crippen MR) is 86.1 cm³/mol. The molecule has 2 aromatic rings. The molecule has 0 bridgehead atoms. The Kier molecular flexibility index (Phi) is 4.36. The van der Waals surface area contributed by atoms with E-state index >= 15 is 0 Å². The van der Waals surface area contributed by atoms with Crippen LogP contribution in [0.25, 0.3) is 0 Å². The van der Waals surface area contributed by atoms with Crippen molar-refractivity contribution in [2.24, 2.45) is 0 Å². The molecule has 1 amide bonds. The zero-order valence-corrected chi connectivity index (χ0v) is 13.7. The first-order chi connectivity index (χ1) is 11.2. The van der Waals surface area contributed by atoms with Crippen LogP contribution >= 0.6 is 0 Å². The SMILES string of the molecule is CCc1c(C2CCN(C(=O)c3ccnn3CC)CC2)noc1N. The van der Waals surface area contributed by atoms with Crippen molar-refractivity contribution in [1.29, 1.82) is 0 Å². The van der Waals surface area contributed by atoms with Crippen molar-refractivity contribution in [3.63, 3.8) is 0 Å². The number of piperidine rings is 1. The molecule has 2 N–H and O–H groups in total. The molecule has 1 aliphatic rings. The van der Waals surface area contributed by atoms with Gasteiger partial charge in [0.05, 0.1) is 5.69 Å². The van der Waals surface area contributed by atoms with Crippen molar-refractivity contribution in [2.45, 2.75) is 45.6 Å². The number of nitrogens with two attached hydrogens (primary N) is 1. The van der Waals surface area contributed by atoms with Gasteiger partial charge in [0, 0.05) is 37.3 Å². The third-order valence-corrected chi connectivity index (χ3v) is 4.61. The molecule has 1 saturated heterocycles. The third-order valence-electron chi connectivity index (χ3n) is 4.61. The number of aromatic nitrogens is 3. The number of hydrogen-bond donors (Lipinski definition) is 1. The molecule has 0 saturated carbocycles. The summed E-state index contributed by atoms with van der Waals surface area (Å²) < 4.78 is 6.88. The largest absolute Gasteiger partial charge is 0.367 e. The highest BCUT2D eigenvalue weighted by atomic mass is 16.5. The molecule has 0 aliphatic carbocycles. The molecule has 124 valence electrons. The summed E-state index contributed by atoms with van der Waals surface area (Å²) in [5.41, 5.74) is 8.47. The minimum absolute atomic E-state index is 0.0539. The molecule has 0 unspecified atom stereocenters. The zero-order chi connectivity index (χ0) is 16.4. The molecule has 7 nitrogen and oxygen atoms in total. The van der Waals surface area contributed by atoms with Crippen LogP contribution in [0.3, 0.4) is 0 Å². The van der Waals surface area contributed by atoms with Crippen LogP contribution in [0.2, 0.25) is 0 Å². The Hall–Kier alpha value is -2.31. The Morgan fingerprint density at radius 1 is 1.39 bits per heavy atom. The zero-order valence-electron chi connectivity index (χ0n) is 13.7. The van der Waals surface area contributed by atoms with Crippen LogP contribution in [-0.4, -0.2) is 38.8 Å². The lowest BCUT2D eigenvalue weighted by Crippen LogP contribution is -2.39. The first-order valence-electron chi connectivity index (χ1n) is 8.20. The molecule has 0 radical (unpaired) electrons. The van der Waals surface area contributed by atoms with E-state index in [1.807, 2.05) is 11.8 Å². The van der Waals surface area contributed by atoms with Gasteiger partial charge in [-0.25, -0.2) is 0 Å². The van der Waals surface area contributed by atoms with Crippen LogP contribution in [0.4, 0.5) is 5.88 Å². The van der Waals surface area contributed by atoms with E-state index in [-0.39, 0.29) is 5.91 Å². The van der Waals surface area contributed by atoms with E-state index in [1.165, 1.54) is 0 Å². The summed E-state index contributed by atoms with van der Waals surface area (Å²) in [6.07, 6.45) is 4.25. The molecule has 0 aromatic carbocycles. The third kappa shape index (κ3) is 2.83.